The standard InChI is InChI=1S/C37H38O/c1-23-26-16-17-27-19-30(37(6,7)8)22-33(24(27)2)34(21-28(23)20-29(18-26)36(3,4)5)35(38)32-15-11-13-25-12-9-10-14-31(25)32/h9-22H,1-8H3. The number of rotatable bonds is 2. The molecule has 38 heavy (non-hydrogen) atoms. The summed E-state index contributed by atoms with van der Waals surface area (Å²) in [6.45, 7) is 17.8. The van der Waals surface area contributed by atoms with Crippen molar-refractivity contribution in [3.63, 3.8) is 0 Å². The number of carbonyl (C=O) groups excluding carboxylic acids is 1. The van der Waals surface area contributed by atoms with Gasteiger partial charge in [0, 0.05) is 11.1 Å². The van der Waals surface area contributed by atoms with Crippen LogP contribution in [-0.4, -0.2) is 5.78 Å². The van der Waals surface area contributed by atoms with Gasteiger partial charge < -0.3 is 0 Å². The number of ketones is 1. The third kappa shape index (κ3) is 4.67. The van der Waals surface area contributed by atoms with Gasteiger partial charge in [0.1, 0.15) is 0 Å². The quantitative estimate of drug-likeness (QED) is 0.221. The van der Waals surface area contributed by atoms with E-state index in [0.29, 0.717) is 0 Å². The fraction of sp³-hybridized carbons (Fsp3) is 0.270. The van der Waals surface area contributed by atoms with Gasteiger partial charge >= 0.3 is 0 Å². The molecule has 5 rings (SSSR count). The summed E-state index contributed by atoms with van der Waals surface area (Å²) >= 11 is 0. The van der Waals surface area contributed by atoms with Gasteiger partial charge in [-0.05, 0) is 85.3 Å². The molecule has 0 N–H and O–H groups in total. The van der Waals surface area contributed by atoms with Crippen LogP contribution in [0.2, 0.25) is 0 Å². The highest BCUT2D eigenvalue weighted by Gasteiger charge is 2.21. The molecule has 0 aliphatic heterocycles. The lowest BCUT2D eigenvalue weighted by Gasteiger charge is -2.22. The highest BCUT2D eigenvalue weighted by molar-refractivity contribution is 6.20. The van der Waals surface area contributed by atoms with Crippen LogP contribution in [-0.2, 0) is 10.8 Å². The lowest BCUT2D eigenvalue weighted by atomic mass is 9.82. The van der Waals surface area contributed by atoms with Crippen LogP contribution in [0.1, 0.15) is 79.7 Å². The number of aryl methyl sites for hydroxylation is 2. The van der Waals surface area contributed by atoms with E-state index in [1.807, 2.05) is 24.3 Å². The summed E-state index contributed by atoms with van der Waals surface area (Å²) < 4.78 is 0. The third-order valence-corrected chi connectivity index (χ3v) is 7.98. The Morgan fingerprint density at radius 3 is 1.71 bits per heavy atom. The SMILES string of the molecule is Cc1c2ccc3cc(C(C)(C)C)cc(c(C(=O)c4cccc5ccccc45)cc1cc(C(C)(C)C)c2)c3C. The Hall–Kier alpha value is -3.71. The van der Waals surface area contributed by atoms with Crippen molar-refractivity contribution < 1.29 is 4.79 Å². The van der Waals surface area contributed by atoms with Crippen molar-refractivity contribution in [1.29, 1.82) is 0 Å². The molecule has 1 heteroatoms. The van der Waals surface area contributed by atoms with Crippen LogP contribution in [0.3, 0.4) is 0 Å². The molecule has 5 aromatic rings. The fourth-order valence-electron chi connectivity index (χ4n) is 5.31. The number of hydrogen-bond acceptors (Lipinski definition) is 1. The predicted octanol–water partition coefficient (Wildman–Crippen LogP) is 10.2. The van der Waals surface area contributed by atoms with Gasteiger partial charge in [-0.2, -0.15) is 0 Å². The first kappa shape index (κ1) is 25.9. The highest BCUT2D eigenvalue weighted by Crippen LogP contribution is 2.34. The van der Waals surface area contributed by atoms with Gasteiger partial charge in [0.05, 0.1) is 0 Å². The third-order valence-electron chi connectivity index (χ3n) is 7.98. The Morgan fingerprint density at radius 2 is 1.05 bits per heavy atom. The average Bonchev–Trinajstić information content (AvgIpc) is 2.85. The van der Waals surface area contributed by atoms with Crippen LogP contribution in [0.5, 0.6) is 0 Å². The maximum atomic E-state index is 14.6. The number of hydrogen-bond donors (Lipinski definition) is 0. The maximum absolute atomic E-state index is 14.6. The van der Waals surface area contributed by atoms with Crippen molar-refractivity contribution in [1.82, 2.24) is 0 Å². The van der Waals surface area contributed by atoms with Crippen molar-refractivity contribution in [2.24, 2.45) is 0 Å². The molecule has 0 aliphatic carbocycles. The monoisotopic (exact) mass is 498 g/mol. The second-order valence-corrected chi connectivity index (χ2v) is 12.8. The van der Waals surface area contributed by atoms with E-state index >= 15 is 0 Å². The molecule has 0 fully saturated rings. The molecule has 0 saturated carbocycles. The summed E-state index contributed by atoms with van der Waals surface area (Å²) in [4.78, 5) is 14.6. The number of fused-ring (bicyclic) bond motifs is 5. The molecule has 0 amide bonds. The molecule has 0 aliphatic rings. The molecule has 0 saturated heterocycles. The predicted molar refractivity (Wildman–Crippen MR) is 165 cm³/mol. The van der Waals surface area contributed by atoms with Crippen LogP contribution >= 0.6 is 0 Å². The van der Waals surface area contributed by atoms with Crippen molar-refractivity contribution >= 4 is 38.1 Å². The van der Waals surface area contributed by atoms with Crippen molar-refractivity contribution in [2.75, 3.05) is 0 Å². The van der Waals surface area contributed by atoms with Gasteiger partial charge in [-0.25, -0.2) is 0 Å². The maximum Gasteiger partial charge on any atom is 0.194 e. The van der Waals surface area contributed by atoms with E-state index in [-0.39, 0.29) is 16.6 Å². The molecule has 192 valence electrons. The molecule has 0 spiro atoms. The smallest absolute Gasteiger partial charge is 0.194 e. The second kappa shape index (κ2) is 9.24. The first-order valence-electron chi connectivity index (χ1n) is 13.6. The molecule has 0 heterocycles. The minimum atomic E-state index is -0.0492. The second-order valence-electron chi connectivity index (χ2n) is 12.8. The van der Waals surface area contributed by atoms with Crippen LogP contribution < -0.4 is 0 Å². The minimum Gasteiger partial charge on any atom is -0.289 e. The largest absolute Gasteiger partial charge is 0.289 e. The van der Waals surface area contributed by atoms with Crippen molar-refractivity contribution in [3.05, 3.63) is 118 Å². The average molecular weight is 499 g/mol. The minimum absolute atomic E-state index is 0.00751. The molecule has 5 aromatic carbocycles. The number of benzene rings is 4. The van der Waals surface area contributed by atoms with E-state index in [2.05, 4.69) is 116 Å². The van der Waals surface area contributed by atoms with E-state index in [4.69, 9.17) is 0 Å². The Balaban J connectivity index is 1.99. The molecule has 4 bridgehead atoms. The summed E-state index contributed by atoms with van der Waals surface area (Å²) in [7, 11) is 0. The van der Waals surface area contributed by atoms with Crippen molar-refractivity contribution in [2.45, 2.75) is 66.2 Å². The molecule has 0 atom stereocenters. The lowest BCUT2D eigenvalue weighted by molar-refractivity contribution is 0.104. The van der Waals surface area contributed by atoms with E-state index in [0.717, 1.165) is 43.6 Å². The van der Waals surface area contributed by atoms with Crippen LogP contribution in [0, 0.1) is 13.8 Å². The Labute approximate surface area is 227 Å². The Bertz CT molecular complexity index is 1750. The lowest BCUT2D eigenvalue weighted by Crippen LogP contribution is -2.12. The summed E-state index contributed by atoms with van der Waals surface area (Å²) in [5, 5.41) is 6.54. The van der Waals surface area contributed by atoms with Gasteiger partial charge in [0.25, 0.3) is 0 Å². The van der Waals surface area contributed by atoms with E-state index < -0.39 is 0 Å². The van der Waals surface area contributed by atoms with E-state index in [1.54, 1.807) is 0 Å². The van der Waals surface area contributed by atoms with E-state index in [1.165, 1.54) is 22.1 Å². The zero-order valence-corrected chi connectivity index (χ0v) is 24.0. The highest BCUT2D eigenvalue weighted by atomic mass is 16.1. The van der Waals surface area contributed by atoms with Crippen LogP contribution in [0.25, 0.3) is 32.3 Å². The Morgan fingerprint density at radius 1 is 0.500 bits per heavy atom. The first-order chi connectivity index (χ1) is 17.8. The van der Waals surface area contributed by atoms with Crippen molar-refractivity contribution in [3.8, 4) is 0 Å². The summed E-state index contributed by atoms with van der Waals surface area (Å²) in [5.74, 6) is 0.0635. The molecule has 0 radical (unpaired) electrons. The topological polar surface area (TPSA) is 17.1 Å². The van der Waals surface area contributed by atoms with Crippen LogP contribution in [0.4, 0.5) is 0 Å². The first-order valence-corrected chi connectivity index (χ1v) is 13.6. The zero-order valence-electron chi connectivity index (χ0n) is 24.0. The van der Waals surface area contributed by atoms with Gasteiger partial charge in [0.15, 0.2) is 5.78 Å². The van der Waals surface area contributed by atoms with Crippen LogP contribution in [0.15, 0.2) is 84.9 Å². The number of carbonyl (C=O) groups is 1. The summed E-state index contributed by atoms with van der Waals surface area (Å²) in [6, 6.07) is 30.0. The van der Waals surface area contributed by atoms with Gasteiger partial charge in [-0.1, -0.05) is 120 Å². The molecule has 1 nitrogen and oxygen atoms in total. The summed E-state index contributed by atoms with van der Waals surface area (Å²) in [5.41, 5.74) is 6.26. The molecule has 0 unspecified atom stereocenters. The van der Waals surface area contributed by atoms with E-state index in [9.17, 15) is 4.79 Å². The normalized spacial score (nSPS) is 12.3. The molecule has 0 aromatic heterocycles. The van der Waals surface area contributed by atoms with Gasteiger partial charge in [-0.15, -0.1) is 0 Å². The molecular weight excluding hydrogens is 460 g/mol. The van der Waals surface area contributed by atoms with Gasteiger partial charge in [0.2, 0.25) is 0 Å². The Kier molecular flexibility index (Phi) is 6.30. The molecular formula is C37H38O. The van der Waals surface area contributed by atoms with Gasteiger partial charge in [-0.3, -0.25) is 4.79 Å². The summed E-state index contributed by atoms with van der Waals surface area (Å²) in [6.07, 6.45) is 0. The fourth-order valence-corrected chi connectivity index (χ4v) is 5.31. The zero-order chi connectivity index (χ0) is 27.4.